The first-order valence-corrected chi connectivity index (χ1v) is 15.6. The van der Waals surface area contributed by atoms with Crippen LogP contribution in [0.5, 0.6) is 5.75 Å². The second-order valence-corrected chi connectivity index (χ2v) is 12.8. The number of benzene rings is 1. The third-order valence-corrected chi connectivity index (χ3v) is 7.33. The van der Waals surface area contributed by atoms with Gasteiger partial charge in [0.05, 0.1) is 24.3 Å². The predicted molar refractivity (Wildman–Crippen MR) is 169 cm³/mol. The molecule has 3 amide bonds. The molecule has 0 unspecified atom stereocenters. The summed E-state index contributed by atoms with van der Waals surface area (Å²) >= 11 is 0. The fourth-order valence-corrected chi connectivity index (χ4v) is 4.65. The van der Waals surface area contributed by atoms with Crippen LogP contribution in [0.25, 0.3) is 0 Å². The second-order valence-electron chi connectivity index (χ2n) is 12.8. The molecule has 4 atom stereocenters. The van der Waals surface area contributed by atoms with Gasteiger partial charge >= 0.3 is 6.09 Å². The van der Waals surface area contributed by atoms with Crippen LogP contribution in [0.4, 0.5) is 4.79 Å². The number of hydrogen-bond acceptors (Lipinski definition) is 7. The van der Waals surface area contributed by atoms with Crippen LogP contribution in [-0.2, 0) is 14.3 Å². The van der Waals surface area contributed by atoms with Gasteiger partial charge < -0.3 is 35.3 Å². The number of rotatable bonds is 19. The molecule has 0 saturated heterocycles. The SMILES string of the molecule is CCCCNC(=O)[C@@H](C[C@H](O)[C@H](C[C@H](CNC(=O)c1ccccc1OCCOC)C(C)C)NC(=O)OC(C)(C)C)C(C)C. The fraction of sp³-hybridized carbons (Fsp3) is 0.727. The Balaban J connectivity index is 3.11. The summed E-state index contributed by atoms with van der Waals surface area (Å²) in [6, 6.07) is 6.33. The van der Waals surface area contributed by atoms with Gasteiger partial charge in [0.1, 0.15) is 18.0 Å². The number of hydrogen-bond donors (Lipinski definition) is 4. The van der Waals surface area contributed by atoms with E-state index in [1.165, 1.54) is 0 Å². The third kappa shape index (κ3) is 14.9. The molecular formula is C33H57N3O7. The first-order chi connectivity index (χ1) is 20.2. The maximum absolute atomic E-state index is 13.2. The van der Waals surface area contributed by atoms with E-state index >= 15 is 0 Å². The number of unbranched alkanes of at least 4 members (excludes halogenated alkanes) is 1. The molecule has 1 aromatic carbocycles. The molecule has 0 aliphatic rings. The van der Waals surface area contributed by atoms with E-state index in [9.17, 15) is 19.5 Å². The molecule has 10 heteroatoms. The van der Waals surface area contributed by atoms with Gasteiger partial charge in [-0.1, -0.05) is 53.2 Å². The van der Waals surface area contributed by atoms with Crippen LogP contribution in [0.2, 0.25) is 0 Å². The molecule has 0 bridgehead atoms. The van der Waals surface area contributed by atoms with E-state index in [1.807, 2.05) is 27.7 Å². The zero-order valence-corrected chi connectivity index (χ0v) is 27.8. The number of carbonyl (C=O) groups excluding carboxylic acids is 3. The van der Waals surface area contributed by atoms with E-state index in [1.54, 1.807) is 52.1 Å². The molecule has 0 radical (unpaired) electrons. The number of para-hydroxylation sites is 1. The molecule has 0 aromatic heterocycles. The lowest BCUT2D eigenvalue weighted by Crippen LogP contribution is -2.49. The maximum atomic E-state index is 13.2. The highest BCUT2D eigenvalue weighted by Gasteiger charge is 2.33. The normalized spacial score (nSPS) is 14.5. The summed E-state index contributed by atoms with van der Waals surface area (Å²) in [6.07, 6.45) is 0.749. The summed E-state index contributed by atoms with van der Waals surface area (Å²) in [7, 11) is 1.58. The fourth-order valence-electron chi connectivity index (χ4n) is 4.65. The number of amides is 3. The first-order valence-electron chi connectivity index (χ1n) is 15.6. The van der Waals surface area contributed by atoms with Crippen LogP contribution in [0.1, 0.15) is 91.4 Å². The van der Waals surface area contributed by atoms with Gasteiger partial charge in [-0.2, -0.15) is 0 Å². The quantitative estimate of drug-likeness (QED) is 0.164. The Hall–Kier alpha value is -2.85. The molecule has 4 N–H and O–H groups in total. The van der Waals surface area contributed by atoms with Crippen molar-refractivity contribution in [2.45, 2.75) is 98.8 Å². The Morgan fingerprint density at radius 1 is 0.953 bits per heavy atom. The van der Waals surface area contributed by atoms with E-state index in [-0.39, 0.29) is 36.0 Å². The Morgan fingerprint density at radius 3 is 2.21 bits per heavy atom. The average Bonchev–Trinajstić information content (AvgIpc) is 2.92. The standard InChI is InChI=1S/C33H57N3O7/c1-10-11-16-34-31(39)26(23(4)5)20-28(37)27(36-32(40)43-33(6,7)8)19-24(22(2)3)21-35-30(38)25-14-12-13-15-29(25)42-18-17-41-9/h12-15,22-24,26-28,37H,10-11,16-21H2,1-9H3,(H,34,39)(H,35,38)(H,36,40)/t24-,26+,27+,28+/m1/s1. The van der Waals surface area contributed by atoms with Crippen LogP contribution in [0.3, 0.4) is 0 Å². The number of carbonyl (C=O) groups is 3. The summed E-state index contributed by atoms with van der Waals surface area (Å²) in [6.45, 7) is 17.0. The number of nitrogens with one attached hydrogen (secondary N) is 3. The van der Waals surface area contributed by atoms with Crippen molar-refractivity contribution in [1.82, 2.24) is 16.0 Å². The molecule has 1 rings (SSSR count). The molecule has 0 aliphatic carbocycles. The van der Waals surface area contributed by atoms with Crippen LogP contribution in [0.15, 0.2) is 24.3 Å². The monoisotopic (exact) mass is 607 g/mol. The summed E-state index contributed by atoms with van der Waals surface area (Å²) < 4.78 is 16.3. The van der Waals surface area contributed by atoms with Crippen LogP contribution < -0.4 is 20.7 Å². The average molecular weight is 608 g/mol. The Morgan fingerprint density at radius 2 is 1.63 bits per heavy atom. The molecule has 0 fully saturated rings. The minimum absolute atomic E-state index is 0.00943. The van der Waals surface area contributed by atoms with Gasteiger partial charge in [-0.15, -0.1) is 0 Å². The van der Waals surface area contributed by atoms with Crippen molar-refractivity contribution in [3.63, 3.8) is 0 Å². The van der Waals surface area contributed by atoms with Gasteiger partial charge in [0.2, 0.25) is 5.91 Å². The van der Waals surface area contributed by atoms with E-state index in [0.29, 0.717) is 44.0 Å². The molecule has 246 valence electrons. The van der Waals surface area contributed by atoms with Crippen LogP contribution in [0, 0.1) is 23.7 Å². The van der Waals surface area contributed by atoms with Crippen molar-refractivity contribution in [3.05, 3.63) is 29.8 Å². The largest absolute Gasteiger partial charge is 0.490 e. The van der Waals surface area contributed by atoms with Crippen molar-refractivity contribution in [2.24, 2.45) is 23.7 Å². The van der Waals surface area contributed by atoms with E-state index in [0.717, 1.165) is 12.8 Å². The highest BCUT2D eigenvalue weighted by molar-refractivity contribution is 5.96. The highest BCUT2D eigenvalue weighted by atomic mass is 16.6. The number of alkyl carbamates (subject to hydrolysis) is 1. The van der Waals surface area contributed by atoms with Crippen molar-refractivity contribution in [2.75, 3.05) is 33.4 Å². The minimum Gasteiger partial charge on any atom is -0.490 e. The third-order valence-electron chi connectivity index (χ3n) is 7.33. The van der Waals surface area contributed by atoms with Gasteiger partial charge in [0.25, 0.3) is 5.91 Å². The number of ether oxygens (including phenoxy) is 3. The molecule has 0 aliphatic heterocycles. The maximum Gasteiger partial charge on any atom is 0.407 e. The van der Waals surface area contributed by atoms with E-state index in [2.05, 4.69) is 22.9 Å². The summed E-state index contributed by atoms with van der Waals surface area (Å²) in [5.41, 5.74) is -0.304. The lowest BCUT2D eigenvalue weighted by Gasteiger charge is -2.33. The zero-order valence-electron chi connectivity index (χ0n) is 27.8. The van der Waals surface area contributed by atoms with Crippen molar-refractivity contribution in [3.8, 4) is 5.75 Å². The highest BCUT2D eigenvalue weighted by Crippen LogP contribution is 2.25. The molecule has 0 heterocycles. The van der Waals surface area contributed by atoms with Gasteiger partial charge in [-0.25, -0.2) is 4.79 Å². The molecule has 10 nitrogen and oxygen atoms in total. The summed E-state index contributed by atoms with van der Waals surface area (Å²) in [4.78, 5) is 39.0. The van der Waals surface area contributed by atoms with Gasteiger partial charge in [-0.3, -0.25) is 9.59 Å². The van der Waals surface area contributed by atoms with E-state index in [4.69, 9.17) is 14.2 Å². The van der Waals surface area contributed by atoms with Gasteiger partial charge in [0.15, 0.2) is 0 Å². The Kier molecular flexibility index (Phi) is 17.3. The predicted octanol–water partition coefficient (Wildman–Crippen LogP) is 4.94. The minimum atomic E-state index is -1.01. The van der Waals surface area contributed by atoms with Gasteiger partial charge in [0, 0.05) is 26.1 Å². The number of methoxy groups -OCH3 is 1. The summed E-state index contributed by atoms with van der Waals surface area (Å²) in [5.74, 6) is -0.337. The van der Waals surface area contributed by atoms with E-state index < -0.39 is 29.8 Å². The number of aliphatic hydroxyl groups is 1. The van der Waals surface area contributed by atoms with Crippen molar-refractivity contribution in [1.29, 1.82) is 0 Å². The van der Waals surface area contributed by atoms with Crippen molar-refractivity contribution >= 4 is 17.9 Å². The molecule has 43 heavy (non-hydrogen) atoms. The molecular weight excluding hydrogens is 550 g/mol. The lowest BCUT2D eigenvalue weighted by molar-refractivity contribution is -0.127. The van der Waals surface area contributed by atoms with Crippen LogP contribution in [-0.4, -0.2) is 74.2 Å². The van der Waals surface area contributed by atoms with Gasteiger partial charge in [-0.05, 0) is 69.9 Å². The lowest BCUT2D eigenvalue weighted by atomic mass is 9.82. The van der Waals surface area contributed by atoms with Crippen molar-refractivity contribution < 1.29 is 33.7 Å². The first kappa shape index (κ1) is 38.2. The topological polar surface area (TPSA) is 135 Å². The second kappa shape index (κ2) is 19.4. The Bertz CT molecular complexity index is 977. The van der Waals surface area contributed by atoms with Crippen LogP contribution >= 0.6 is 0 Å². The number of aliphatic hydroxyl groups excluding tert-OH is 1. The Labute approximate surface area is 259 Å². The smallest absolute Gasteiger partial charge is 0.407 e. The zero-order chi connectivity index (χ0) is 32.6. The summed E-state index contributed by atoms with van der Waals surface area (Å²) in [5, 5.41) is 20.3. The molecule has 0 spiro atoms. The molecule has 0 saturated carbocycles. The molecule has 1 aromatic rings.